The molecule has 71 valence electrons. The molecule has 0 saturated carbocycles. The molecular formula is C8H12ClN4. The van der Waals surface area contributed by atoms with Gasteiger partial charge in [-0.25, -0.2) is 4.98 Å². The summed E-state index contributed by atoms with van der Waals surface area (Å²) >= 11 is 5.76. The fourth-order valence-corrected chi connectivity index (χ4v) is 1.26. The summed E-state index contributed by atoms with van der Waals surface area (Å²) in [5.41, 5.74) is 1.65. The van der Waals surface area contributed by atoms with Crippen molar-refractivity contribution in [2.24, 2.45) is 0 Å². The second-order valence-corrected chi connectivity index (χ2v) is 2.73. The number of rotatable bonds is 3. The third kappa shape index (κ3) is 1.95. The van der Waals surface area contributed by atoms with Crippen molar-refractivity contribution >= 4 is 28.8 Å². The van der Waals surface area contributed by atoms with Gasteiger partial charge in [-0.1, -0.05) is 11.6 Å². The number of hydrogen-bond donors (Lipinski definition) is 3. The van der Waals surface area contributed by atoms with Crippen LogP contribution in [-0.2, 0) is 0 Å². The molecule has 3 N–H and O–H groups in total. The zero-order valence-corrected chi connectivity index (χ0v) is 8.58. The molecule has 5 heteroatoms. The highest BCUT2D eigenvalue weighted by atomic mass is 35.5. The van der Waals surface area contributed by atoms with Gasteiger partial charge in [0.2, 0.25) is 0 Å². The third-order valence-electron chi connectivity index (χ3n) is 1.66. The molecule has 0 aliphatic carbocycles. The Morgan fingerprint density at radius 2 is 1.85 bits per heavy atom. The summed E-state index contributed by atoms with van der Waals surface area (Å²) in [5, 5.41) is 9.28. The van der Waals surface area contributed by atoms with E-state index < -0.39 is 0 Å². The first-order valence-corrected chi connectivity index (χ1v) is 4.26. The Balaban J connectivity index is 3.25. The highest BCUT2D eigenvalue weighted by molar-refractivity contribution is 6.29. The standard InChI is InChI=1S/C8H12ClN4/c1-10-5-4-6(9)13-8(12-3)7(5)11-2/h11H,1-3H3,(H2,10,12,13). The molecule has 0 aromatic carbocycles. The van der Waals surface area contributed by atoms with Crippen LogP contribution in [0.2, 0.25) is 5.15 Å². The number of halogens is 1. The van der Waals surface area contributed by atoms with E-state index in [1.807, 2.05) is 14.1 Å². The van der Waals surface area contributed by atoms with Gasteiger partial charge in [-0.3, -0.25) is 0 Å². The summed E-state index contributed by atoms with van der Waals surface area (Å²) in [6, 6.07) is 2.89. The van der Waals surface area contributed by atoms with Gasteiger partial charge in [0.25, 0.3) is 0 Å². The molecule has 1 aromatic rings. The summed E-state index contributed by atoms with van der Waals surface area (Å²) in [4.78, 5) is 4.07. The number of pyridine rings is 1. The topological polar surface area (TPSA) is 49.0 Å². The van der Waals surface area contributed by atoms with E-state index in [1.54, 1.807) is 7.05 Å². The first-order valence-electron chi connectivity index (χ1n) is 3.89. The average molecular weight is 200 g/mol. The van der Waals surface area contributed by atoms with Crippen LogP contribution in [0.5, 0.6) is 0 Å². The lowest BCUT2D eigenvalue weighted by Gasteiger charge is -2.12. The number of hydrogen-bond acceptors (Lipinski definition) is 4. The van der Waals surface area contributed by atoms with Gasteiger partial charge >= 0.3 is 0 Å². The fourth-order valence-electron chi connectivity index (χ4n) is 1.08. The summed E-state index contributed by atoms with van der Waals surface area (Å²) in [6.07, 6.45) is 0. The molecule has 1 aromatic heterocycles. The van der Waals surface area contributed by atoms with Crippen LogP contribution in [0.1, 0.15) is 0 Å². The van der Waals surface area contributed by atoms with Gasteiger partial charge in [0.1, 0.15) is 10.8 Å². The molecule has 0 atom stereocenters. The Bertz CT molecular complexity index is 275. The first kappa shape index (κ1) is 9.92. The maximum absolute atomic E-state index is 5.76. The van der Waals surface area contributed by atoms with Gasteiger partial charge in [-0.2, -0.15) is 0 Å². The molecule has 1 radical (unpaired) electrons. The van der Waals surface area contributed by atoms with E-state index in [0.29, 0.717) is 11.0 Å². The van der Waals surface area contributed by atoms with Crippen molar-refractivity contribution in [2.75, 3.05) is 37.1 Å². The Kier molecular flexibility index (Phi) is 3.19. The number of aromatic nitrogens is 1. The van der Waals surface area contributed by atoms with Gasteiger partial charge in [0, 0.05) is 27.2 Å². The maximum atomic E-state index is 5.76. The highest BCUT2D eigenvalue weighted by Gasteiger charge is 2.08. The van der Waals surface area contributed by atoms with Gasteiger partial charge in [0.15, 0.2) is 5.82 Å². The van der Waals surface area contributed by atoms with Crippen molar-refractivity contribution in [1.82, 2.24) is 4.98 Å². The van der Waals surface area contributed by atoms with E-state index in [2.05, 4.69) is 27.0 Å². The van der Waals surface area contributed by atoms with Crippen molar-refractivity contribution in [2.45, 2.75) is 0 Å². The molecule has 0 amide bonds. The molecule has 0 aliphatic rings. The fraction of sp³-hybridized carbons (Fsp3) is 0.375. The van der Waals surface area contributed by atoms with Crippen LogP contribution in [0.25, 0.3) is 0 Å². The largest absolute Gasteiger partial charge is 0.386 e. The van der Waals surface area contributed by atoms with Crippen molar-refractivity contribution in [3.8, 4) is 0 Å². The van der Waals surface area contributed by atoms with Gasteiger partial charge in [-0.05, 0) is 0 Å². The highest BCUT2D eigenvalue weighted by Crippen LogP contribution is 2.29. The van der Waals surface area contributed by atoms with Crippen molar-refractivity contribution in [1.29, 1.82) is 0 Å². The Hall–Kier alpha value is -1.16. The van der Waals surface area contributed by atoms with Crippen LogP contribution in [0.4, 0.5) is 17.2 Å². The molecule has 0 aliphatic heterocycles. The molecule has 4 nitrogen and oxygen atoms in total. The van der Waals surface area contributed by atoms with E-state index in [9.17, 15) is 0 Å². The SMILES string of the molecule is CNc1[c]c(Cl)nc(NC)c1NC. The van der Waals surface area contributed by atoms with Crippen LogP contribution >= 0.6 is 11.6 Å². The Labute approximate surface area is 82.7 Å². The van der Waals surface area contributed by atoms with E-state index in [1.165, 1.54) is 0 Å². The third-order valence-corrected chi connectivity index (χ3v) is 1.84. The average Bonchev–Trinajstić information content (AvgIpc) is 2.16. The summed E-state index contributed by atoms with van der Waals surface area (Å²) in [7, 11) is 5.42. The van der Waals surface area contributed by atoms with Gasteiger partial charge in [0.05, 0.1) is 5.69 Å². The van der Waals surface area contributed by atoms with Gasteiger partial charge in [-0.15, -0.1) is 0 Å². The lowest BCUT2D eigenvalue weighted by atomic mass is 10.3. The molecule has 1 rings (SSSR count). The van der Waals surface area contributed by atoms with Crippen molar-refractivity contribution in [3.63, 3.8) is 0 Å². The molecule has 1 heterocycles. The minimum absolute atomic E-state index is 0.340. The molecule has 0 fully saturated rings. The number of nitrogens with zero attached hydrogens (tertiary/aromatic N) is 1. The quantitative estimate of drug-likeness (QED) is 0.649. The zero-order valence-electron chi connectivity index (χ0n) is 7.83. The predicted molar refractivity (Wildman–Crippen MR) is 56.7 cm³/mol. The Morgan fingerprint density at radius 1 is 1.15 bits per heavy atom. The van der Waals surface area contributed by atoms with Crippen molar-refractivity contribution < 1.29 is 0 Å². The first-order chi connectivity index (χ1) is 6.22. The minimum atomic E-state index is 0.340. The number of nitrogens with one attached hydrogen (secondary N) is 3. The predicted octanol–water partition coefficient (Wildman–Crippen LogP) is 1.66. The van der Waals surface area contributed by atoms with Crippen molar-refractivity contribution in [3.05, 3.63) is 11.2 Å². The van der Waals surface area contributed by atoms with Crippen LogP contribution in [0.3, 0.4) is 0 Å². The minimum Gasteiger partial charge on any atom is -0.386 e. The molecular weight excluding hydrogens is 188 g/mol. The maximum Gasteiger partial charge on any atom is 0.153 e. The van der Waals surface area contributed by atoms with E-state index >= 15 is 0 Å². The lowest BCUT2D eigenvalue weighted by molar-refractivity contribution is 1.26. The molecule has 0 spiro atoms. The monoisotopic (exact) mass is 199 g/mol. The molecule has 0 bridgehead atoms. The van der Waals surface area contributed by atoms with E-state index in [0.717, 1.165) is 11.4 Å². The normalized spacial score (nSPS) is 9.54. The molecule has 0 saturated heterocycles. The summed E-state index contributed by atoms with van der Waals surface area (Å²) < 4.78 is 0. The lowest BCUT2D eigenvalue weighted by Crippen LogP contribution is -2.03. The van der Waals surface area contributed by atoms with Crippen LogP contribution in [0.15, 0.2) is 0 Å². The van der Waals surface area contributed by atoms with Crippen LogP contribution < -0.4 is 16.0 Å². The molecule has 13 heavy (non-hydrogen) atoms. The molecule has 0 unspecified atom stereocenters. The second kappa shape index (κ2) is 4.18. The van der Waals surface area contributed by atoms with E-state index in [4.69, 9.17) is 11.6 Å². The summed E-state index contributed by atoms with van der Waals surface area (Å²) in [5.74, 6) is 0.704. The summed E-state index contributed by atoms with van der Waals surface area (Å²) in [6.45, 7) is 0. The smallest absolute Gasteiger partial charge is 0.153 e. The van der Waals surface area contributed by atoms with E-state index in [-0.39, 0.29) is 0 Å². The zero-order chi connectivity index (χ0) is 9.84. The Morgan fingerprint density at radius 3 is 2.31 bits per heavy atom. The van der Waals surface area contributed by atoms with Crippen LogP contribution in [-0.4, -0.2) is 26.1 Å². The number of anilines is 3. The second-order valence-electron chi connectivity index (χ2n) is 2.38. The van der Waals surface area contributed by atoms with Crippen LogP contribution in [0, 0.1) is 6.07 Å². The van der Waals surface area contributed by atoms with Gasteiger partial charge < -0.3 is 16.0 Å².